The molecule has 2 bridgehead atoms. The molecular formula is C53H63F7N10O8. The molecule has 0 aliphatic carbocycles. The van der Waals surface area contributed by atoms with Crippen molar-refractivity contribution in [2.45, 2.75) is 116 Å². The number of rotatable bonds is 19. The van der Waals surface area contributed by atoms with E-state index in [4.69, 9.17) is 14.5 Å². The van der Waals surface area contributed by atoms with Gasteiger partial charge in [0, 0.05) is 72.9 Å². The number of likely N-dealkylation sites (tertiary alicyclic amines) is 1. The highest BCUT2D eigenvalue weighted by molar-refractivity contribution is 5.87. The van der Waals surface area contributed by atoms with Crippen LogP contribution in [0.4, 0.5) is 46.1 Å². The average Bonchev–Trinajstić information content (AvgIpc) is 4.17. The lowest BCUT2D eigenvalue weighted by Crippen LogP contribution is -2.63. The SMILES string of the molecule is COC(=O)N[C@H](C(=O)NN(Cc1c(F)cc(-c2ccn(CC(F)F)n2)cc1F)C[C@H](O)[C@H](Cc1ccc(C#Cc2ccc(N3C[C@H]4C[C@@H]3CN4C3COC3)nc2)cc1)NC(=O)[C@@H](NC(=O)OC)C(C)(C)C(F)(F)F)C(C)(C)C. The fraction of sp³-hybridized carbons (Fsp3) is 0.509. The number of hydrazine groups is 1. The largest absolute Gasteiger partial charge is 0.453 e. The zero-order chi connectivity index (χ0) is 56.9. The number of benzene rings is 2. The van der Waals surface area contributed by atoms with Crippen LogP contribution < -0.4 is 26.3 Å². The number of pyridine rings is 1. The molecule has 25 heteroatoms. The molecule has 3 fully saturated rings. The van der Waals surface area contributed by atoms with E-state index in [1.165, 1.54) is 12.3 Å². The van der Waals surface area contributed by atoms with Gasteiger partial charge in [0.15, 0.2) is 0 Å². The highest BCUT2D eigenvalue weighted by Gasteiger charge is 2.56. The molecule has 3 saturated heterocycles. The van der Waals surface area contributed by atoms with E-state index < -0.39 is 108 Å². The lowest BCUT2D eigenvalue weighted by molar-refractivity contribution is -0.220. The molecule has 5 N–H and O–H groups in total. The second-order valence-corrected chi connectivity index (χ2v) is 21.1. The lowest BCUT2D eigenvalue weighted by Gasteiger charge is -2.42. The summed E-state index contributed by atoms with van der Waals surface area (Å²) >= 11 is 0. The van der Waals surface area contributed by atoms with Crippen molar-refractivity contribution in [2.24, 2.45) is 10.8 Å². The van der Waals surface area contributed by atoms with Crippen LogP contribution in [-0.4, -0.2) is 156 Å². The molecule has 4 aromatic rings. The molecule has 3 aliphatic rings. The molecule has 0 unspecified atom stereocenters. The van der Waals surface area contributed by atoms with Gasteiger partial charge in [-0.2, -0.15) is 18.3 Å². The number of nitrogens with one attached hydrogen (secondary N) is 4. The molecule has 2 aromatic heterocycles. The third kappa shape index (κ3) is 14.2. The Morgan fingerprint density at radius 1 is 0.833 bits per heavy atom. The Labute approximate surface area is 446 Å². The molecule has 78 heavy (non-hydrogen) atoms. The van der Waals surface area contributed by atoms with Crippen LogP contribution in [0.5, 0.6) is 0 Å². The van der Waals surface area contributed by atoms with Gasteiger partial charge in [0.25, 0.3) is 12.3 Å². The predicted octanol–water partition coefficient (Wildman–Crippen LogP) is 5.56. The number of aromatic nitrogens is 3. The van der Waals surface area contributed by atoms with Crippen molar-refractivity contribution in [3.8, 4) is 23.1 Å². The smallest absolute Gasteiger partial charge is 0.407 e. The van der Waals surface area contributed by atoms with Crippen LogP contribution in [0.15, 0.2) is 67.0 Å². The number of aliphatic hydroxyl groups excluding tert-OH is 1. The van der Waals surface area contributed by atoms with Crippen molar-refractivity contribution in [2.75, 3.05) is 52.0 Å². The number of alkyl carbamates (subject to hydrolysis) is 2. The Balaban J connectivity index is 1.16. The molecule has 5 heterocycles. The number of carbonyl (C=O) groups is 4. The Morgan fingerprint density at radius 3 is 2.00 bits per heavy atom. The summed E-state index contributed by atoms with van der Waals surface area (Å²) in [5.41, 5.74) is -0.785. The highest BCUT2D eigenvalue weighted by Crippen LogP contribution is 2.41. The third-order valence-corrected chi connectivity index (χ3v) is 14.1. The molecule has 0 saturated carbocycles. The molecule has 422 valence electrons. The first kappa shape index (κ1) is 58.7. The summed E-state index contributed by atoms with van der Waals surface area (Å²) in [4.78, 5) is 62.6. The number of halogens is 7. The number of methoxy groups -OCH3 is 2. The number of hydrogen-bond donors (Lipinski definition) is 5. The van der Waals surface area contributed by atoms with E-state index >= 15 is 8.78 Å². The van der Waals surface area contributed by atoms with Crippen LogP contribution in [0.2, 0.25) is 0 Å². The molecule has 18 nitrogen and oxygen atoms in total. The van der Waals surface area contributed by atoms with E-state index in [9.17, 15) is 46.2 Å². The van der Waals surface area contributed by atoms with Gasteiger partial charge in [-0.3, -0.25) is 24.6 Å². The Kier molecular flexibility index (Phi) is 18.3. The minimum absolute atomic E-state index is 0.0476. The highest BCUT2D eigenvalue weighted by atomic mass is 19.4. The minimum Gasteiger partial charge on any atom is -0.453 e. The maximum absolute atomic E-state index is 16.1. The number of alkyl halides is 5. The van der Waals surface area contributed by atoms with E-state index in [1.807, 2.05) is 17.4 Å². The van der Waals surface area contributed by atoms with Gasteiger partial charge in [0.1, 0.15) is 36.1 Å². The molecule has 0 radical (unpaired) electrons. The maximum Gasteiger partial charge on any atom is 0.407 e. The zero-order valence-electron chi connectivity index (χ0n) is 44.0. The number of hydrogen-bond acceptors (Lipinski definition) is 13. The van der Waals surface area contributed by atoms with Crippen LogP contribution in [0.3, 0.4) is 0 Å². The van der Waals surface area contributed by atoms with E-state index in [2.05, 4.69) is 47.5 Å². The average molecular weight is 1100 g/mol. The molecule has 3 aliphatic heterocycles. The Morgan fingerprint density at radius 2 is 1.46 bits per heavy atom. The van der Waals surface area contributed by atoms with Gasteiger partial charge in [-0.25, -0.2) is 37.1 Å². The van der Waals surface area contributed by atoms with E-state index in [1.54, 1.807) is 51.2 Å². The first-order valence-electron chi connectivity index (χ1n) is 25.0. The van der Waals surface area contributed by atoms with Crippen LogP contribution in [0.25, 0.3) is 11.3 Å². The topological polar surface area (TPSA) is 205 Å². The molecule has 0 spiro atoms. The van der Waals surface area contributed by atoms with Gasteiger partial charge in [-0.15, -0.1) is 0 Å². The van der Waals surface area contributed by atoms with Crippen LogP contribution in [0, 0.1) is 34.3 Å². The monoisotopic (exact) mass is 1100 g/mol. The normalized spacial score (nSPS) is 18.3. The fourth-order valence-electron chi connectivity index (χ4n) is 9.48. The van der Waals surface area contributed by atoms with Gasteiger partial charge in [0.2, 0.25) is 5.91 Å². The summed E-state index contributed by atoms with van der Waals surface area (Å²) in [6.45, 7) is 7.05. The fourth-order valence-corrected chi connectivity index (χ4v) is 9.48. The number of nitrogens with zero attached hydrogens (tertiary/aromatic N) is 6. The Bertz CT molecular complexity index is 2810. The predicted molar refractivity (Wildman–Crippen MR) is 269 cm³/mol. The number of fused-ring (bicyclic) bond motifs is 2. The maximum atomic E-state index is 16.1. The summed E-state index contributed by atoms with van der Waals surface area (Å²) in [6.07, 6.45) is -8.51. The quantitative estimate of drug-likeness (QED) is 0.0445. The van der Waals surface area contributed by atoms with Gasteiger partial charge >= 0.3 is 18.4 Å². The molecule has 6 atom stereocenters. The van der Waals surface area contributed by atoms with Gasteiger partial charge in [0.05, 0.1) is 56.7 Å². The molecule has 7 rings (SSSR count). The summed E-state index contributed by atoms with van der Waals surface area (Å²) in [5, 5.41) is 23.7. The number of amides is 4. The summed E-state index contributed by atoms with van der Waals surface area (Å²) in [6, 6.07) is 9.29. The summed E-state index contributed by atoms with van der Waals surface area (Å²) in [7, 11) is 1.94. The second kappa shape index (κ2) is 24.3. The summed E-state index contributed by atoms with van der Waals surface area (Å²) < 4.78 is 118. The van der Waals surface area contributed by atoms with Crippen molar-refractivity contribution < 1.29 is 69.2 Å². The van der Waals surface area contributed by atoms with Crippen molar-refractivity contribution in [3.63, 3.8) is 0 Å². The van der Waals surface area contributed by atoms with Crippen LogP contribution in [-0.2, 0) is 43.3 Å². The van der Waals surface area contributed by atoms with E-state index in [-0.39, 0.29) is 17.7 Å². The number of anilines is 1. The van der Waals surface area contributed by atoms with Gasteiger partial charge in [-0.1, -0.05) is 44.7 Å². The third-order valence-electron chi connectivity index (χ3n) is 14.1. The van der Waals surface area contributed by atoms with Crippen molar-refractivity contribution >= 4 is 29.8 Å². The van der Waals surface area contributed by atoms with Gasteiger partial charge in [-0.05, 0) is 80.1 Å². The van der Waals surface area contributed by atoms with E-state index in [0.717, 1.165) is 74.6 Å². The summed E-state index contributed by atoms with van der Waals surface area (Å²) in [5.74, 6) is 2.25. The second-order valence-electron chi connectivity index (χ2n) is 21.1. The van der Waals surface area contributed by atoms with Crippen molar-refractivity contribution in [1.29, 1.82) is 0 Å². The molecule has 4 amide bonds. The minimum atomic E-state index is -5.08. The van der Waals surface area contributed by atoms with E-state index in [0.29, 0.717) is 48.7 Å². The first-order chi connectivity index (χ1) is 36.7. The first-order valence-corrected chi connectivity index (χ1v) is 25.0. The van der Waals surface area contributed by atoms with Crippen molar-refractivity contribution in [1.82, 2.24) is 46.0 Å². The van der Waals surface area contributed by atoms with Gasteiger partial charge < -0.3 is 40.2 Å². The molecule has 2 aromatic carbocycles. The number of carbonyl (C=O) groups excluding carboxylic acids is 4. The standard InChI is InChI=1S/C53H63F7N10O8/c1-51(2,3)45(63-49(74)76-6)48(73)66-68(25-37-38(54)19-33(20-39(37)55)40-16-17-67(65-40)27-43(56)57)26-42(71)41(62-47(72)46(64-50(75)77-7)52(4,5)53(58,59)60)18-31-11-8-30(9-12-31)10-13-32-14-15-44(61-22-32)70-24-34-21-35(70)23-69(34)36-28-78-29-36/h8-9,11-12,14-17,19-20,22,34-36,41-43,45-46,71H,18,21,23-29H2,1-7H3,(H,62,72)(H,63,74)(H,64,75)(H,66,73)/t34-,35-,41+,42+,45-,46-/m1/s1. The lowest BCUT2D eigenvalue weighted by atomic mass is 9.82. The van der Waals surface area contributed by atoms with Crippen LogP contribution >= 0.6 is 0 Å². The van der Waals surface area contributed by atoms with Crippen LogP contribution in [0.1, 0.15) is 63.3 Å². The number of aliphatic hydroxyl groups is 1. The number of ether oxygens (including phenoxy) is 3. The Hall–Kier alpha value is -7.01. The number of piperazine rings is 1. The molecular weight excluding hydrogens is 1040 g/mol. The zero-order valence-corrected chi connectivity index (χ0v) is 44.0. The van der Waals surface area contributed by atoms with Crippen molar-refractivity contribution in [3.05, 3.63) is 101 Å².